The molecule has 2 aromatic heterocycles. The Hall–Kier alpha value is -3.60. The number of imidazole rings is 1. The summed E-state index contributed by atoms with van der Waals surface area (Å²) in [7, 11) is 0. The minimum absolute atomic E-state index is 0.200. The van der Waals surface area contributed by atoms with Crippen LogP contribution >= 0.6 is 0 Å². The molecule has 5 nitrogen and oxygen atoms in total. The molecule has 2 heterocycles. The van der Waals surface area contributed by atoms with E-state index in [1.54, 1.807) is 12.3 Å². The summed E-state index contributed by atoms with van der Waals surface area (Å²) in [6.07, 6.45) is 5.33. The van der Waals surface area contributed by atoms with Crippen molar-refractivity contribution in [1.82, 2.24) is 9.38 Å². The number of aromatic nitrogens is 2. The molecule has 0 spiro atoms. The number of para-hydroxylation sites is 1. The average Bonchev–Trinajstić information content (AvgIpc) is 3.13. The van der Waals surface area contributed by atoms with Crippen molar-refractivity contribution in [2.75, 3.05) is 5.32 Å². The van der Waals surface area contributed by atoms with Gasteiger partial charge in [0.15, 0.2) is 0 Å². The highest BCUT2D eigenvalue weighted by Crippen LogP contribution is 2.23. The lowest BCUT2D eigenvalue weighted by atomic mass is 10.2. The van der Waals surface area contributed by atoms with Gasteiger partial charge in [-0.2, -0.15) is 0 Å². The third kappa shape index (κ3) is 3.21. The van der Waals surface area contributed by atoms with Crippen LogP contribution in [0.2, 0.25) is 0 Å². The first-order valence-electron chi connectivity index (χ1n) is 7.85. The summed E-state index contributed by atoms with van der Waals surface area (Å²) < 4.78 is 7.56. The number of hydrogen-bond acceptors (Lipinski definition) is 3. The van der Waals surface area contributed by atoms with Crippen molar-refractivity contribution in [3.05, 3.63) is 90.9 Å². The van der Waals surface area contributed by atoms with Gasteiger partial charge < -0.3 is 14.5 Å². The molecule has 0 unspecified atom stereocenters. The van der Waals surface area contributed by atoms with Gasteiger partial charge in [-0.25, -0.2) is 4.98 Å². The number of hydrogen-bond donors (Lipinski definition) is 1. The number of amides is 1. The summed E-state index contributed by atoms with van der Waals surface area (Å²) in [4.78, 5) is 16.7. The molecule has 0 saturated carbocycles. The average molecular weight is 329 g/mol. The van der Waals surface area contributed by atoms with Crippen LogP contribution in [0.4, 0.5) is 5.69 Å². The van der Waals surface area contributed by atoms with Crippen molar-refractivity contribution in [2.45, 2.75) is 0 Å². The van der Waals surface area contributed by atoms with Gasteiger partial charge in [0.05, 0.1) is 5.56 Å². The highest BCUT2D eigenvalue weighted by molar-refractivity contribution is 6.08. The van der Waals surface area contributed by atoms with E-state index in [-0.39, 0.29) is 5.91 Å². The lowest BCUT2D eigenvalue weighted by molar-refractivity contribution is 0.102. The van der Waals surface area contributed by atoms with Crippen LogP contribution in [0.1, 0.15) is 10.4 Å². The lowest BCUT2D eigenvalue weighted by Gasteiger charge is -2.08. The molecule has 4 aromatic rings. The summed E-state index contributed by atoms with van der Waals surface area (Å²) in [6.45, 7) is 0. The molecule has 5 heteroatoms. The van der Waals surface area contributed by atoms with E-state index in [9.17, 15) is 4.79 Å². The Bertz CT molecular complexity index is 1010. The minimum atomic E-state index is -0.200. The fraction of sp³-hybridized carbons (Fsp3) is 0. The van der Waals surface area contributed by atoms with E-state index < -0.39 is 0 Å². The Morgan fingerprint density at radius 3 is 2.44 bits per heavy atom. The Kier molecular flexibility index (Phi) is 3.88. The third-order valence-corrected chi connectivity index (χ3v) is 3.75. The number of nitrogens with one attached hydrogen (secondary N) is 1. The zero-order valence-corrected chi connectivity index (χ0v) is 13.3. The molecule has 0 aliphatic carbocycles. The second-order valence-electron chi connectivity index (χ2n) is 5.47. The molecule has 0 aliphatic heterocycles. The van der Waals surface area contributed by atoms with E-state index in [4.69, 9.17) is 4.74 Å². The fourth-order valence-electron chi connectivity index (χ4n) is 2.56. The van der Waals surface area contributed by atoms with Crippen LogP contribution in [-0.2, 0) is 0 Å². The van der Waals surface area contributed by atoms with Crippen LogP contribution in [-0.4, -0.2) is 15.3 Å². The van der Waals surface area contributed by atoms with Crippen LogP contribution < -0.4 is 10.1 Å². The van der Waals surface area contributed by atoms with Crippen molar-refractivity contribution < 1.29 is 9.53 Å². The first-order chi connectivity index (χ1) is 12.3. The van der Waals surface area contributed by atoms with E-state index in [2.05, 4.69) is 10.3 Å². The van der Waals surface area contributed by atoms with Gasteiger partial charge in [0.2, 0.25) is 0 Å². The second-order valence-corrected chi connectivity index (χ2v) is 5.47. The number of carbonyl (C=O) groups is 1. The molecule has 25 heavy (non-hydrogen) atoms. The number of anilines is 1. The second kappa shape index (κ2) is 6.49. The maximum atomic E-state index is 12.5. The molecule has 0 saturated heterocycles. The Labute approximate surface area is 144 Å². The molecular formula is C20H15N3O2. The minimum Gasteiger partial charge on any atom is -0.457 e. The maximum Gasteiger partial charge on any atom is 0.259 e. The number of ether oxygens (including phenoxy) is 1. The van der Waals surface area contributed by atoms with Gasteiger partial charge in [-0.3, -0.25) is 4.79 Å². The molecular weight excluding hydrogens is 314 g/mol. The monoisotopic (exact) mass is 329 g/mol. The van der Waals surface area contributed by atoms with Crippen molar-refractivity contribution in [3.63, 3.8) is 0 Å². The number of benzene rings is 2. The van der Waals surface area contributed by atoms with Crippen LogP contribution in [0, 0.1) is 0 Å². The van der Waals surface area contributed by atoms with Gasteiger partial charge in [0.1, 0.15) is 17.1 Å². The SMILES string of the molecule is O=C(Nc1ccc(Oc2ccccc2)cc1)c1cccn2ccnc12. The van der Waals surface area contributed by atoms with Crippen LogP contribution in [0.25, 0.3) is 5.65 Å². The molecule has 0 radical (unpaired) electrons. The predicted octanol–water partition coefficient (Wildman–Crippen LogP) is 4.38. The van der Waals surface area contributed by atoms with Gasteiger partial charge in [0, 0.05) is 24.3 Å². The zero-order valence-electron chi connectivity index (χ0n) is 13.3. The quantitative estimate of drug-likeness (QED) is 0.604. The Balaban J connectivity index is 1.49. The van der Waals surface area contributed by atoms with Crippen molar-refractivity contribution in [1.29, 1.82) is 0 Å². The van der Waals surface area contributed by atoms with Crippen LogP contribution in [0.3, 0.4) is 0 Å². The van der Waals surface area contributed by atoms with Crippen molar-refractivity contribution >= 4 is 17.2 Å². The van der Waals surface area contributed by atoms with E-state index in [1.165, 1.54) is 0 Å². The highest BCUT2D eigenvalue weighted by atomic mass is 16.5. The Morgan fingerprint density at radius 2 is 1.64 bits per heavy atom. The van der Waals surface area contributed by atoms with E-state index in [1.807, 2.05) is 77.5 Å². The standard InChI is InChI=1S/C20H15N3O2/c24-20(18-7-4-13-23-14-12-21-19(18)23)22-15-8-10-17(11-9-15)25-16-5-2-1-3-6-16/h1-14H,(H,22,24). The largest absolute Gasteiger partial charge is 0.457 e. The summed E-state index contributed by atoms with van der Waals surface area (Å²) in [5.41, 5.74) is 1.85. The topological polar surface area (TPSA) is 55.6 Å². The normalized spacial score (nSPS) is 10.6. The van der Waals surface area contributed by atoms with E-state index >= 15 is 0 Å². The molecule has 0 aliphatic rings. The van der Waals surface area contributed by atoms with Gasteiger partial charge in [-0.15, -0.1) is 0 Å². The predicted molar refractivity (Wildman–Crippen MR) is 96.1 cm³/mol. The third-order valence-electron chi connectivity index (χ3n) is 3.75. The molecule has 0 bridgehead atoms. The number of carbonyl (C=O) groups excluding carboxylic acids is 1. The summed E-state index contributed by atoms with van der Waals surface area (Å²) in [6, 6.07) is 20.4. The molecule has 4 rings (SSSR count). The van der Waals surface area contributed by atoms with Gasteiger partial charge in [0.25, 0.3) is 5.91 Å². The first-order valence-corrected chi connectivity index (χ1v) is 7.85. The molecule has 1 amide bonds. The number of nitrogens with zero attached hydrogens (tertiary/aromatic N) is 2. The fourth-order valence-corrected chi connectivity index (χ4v) is 2.56. The summed E-state index contributed by atoms with van der Waals surface area (Å²) in [5, 5.41) is 2.88. The van der Waals surface area contributed by atoms with E-state index in [0.29, 0.717) is 22.6 Å². The lowest BCUT2D eigenvalue weighted by Crippen LogP contribution is -2.13. The molecule has 122 valence electrons. The highest BCUT2D eigenvalue weighted by Gasteiger charge is 2.11. The van der Waals surface area contributed by atoms with Gasteiger partial charge >= 0.3 is 0 Å². The van der Waals surface area contributed by atoms with Gasteiger partial charge in [-0.1, -0.05) is 18.2 Å². The van der Waals surface area contributed by atoms with E-state index in [0.717, 1.165) is 5.75 Å². The molecule has 0 fully saturated rings. The van der Waals surface area contributed by atoms with Crippen LogP contribution in [0.15, 0.2) is 85.3 Å². The number of fused-ring (bicyclic) bond motifs is 1. The molecule has 2 aromatic carbocycles. The molecule has 1 N–H and O–H groups in total. The van der Waals surface area contributed by atoms with Gasteiger partial charge in [-0.05, 0) is 48.5 Å². The molecule has 0 atom stereocenters. The number of pyridine rings is 1. The van der Waals surface area contributed by atoms with Crippen molar-refractivity contribution in [3.8, 4) is 11.5 Å². The first kappa shape index (κ1) is 15.0. The summed E-state index contributed by atoms with van der Waals surface area (Å²) in [5.74, 6) is 1.28. The van der Waals surface area contributed by atoms with Crippen LogP contribution in [0.5, 0.6) is 11.5 Å². The Morgan fingerprint density at radius 1 is 0.880 bits per heavy atom. The maximum absolute atomic E-state index is 12.5. The van der Waals surface area contributed by atoms with Crippen molar-refractivity contribution in [2.24, 2.45) is 0 Å². The zero-order chi connectivity index (χ0) is 17.1. The smallest absolute Gasteiger partial charge is 0.259 e. The summed E-state index contributed by atoms with van der Waals surface area (Å²) >= 11 is 0. The number of rotatable bonds is 4.